The van der Waals surface area contributed by atoms with Crippen molar-refractivity contribution in [1.29, 1.82) is 0 Å². The predicted octanol–water partition coefficient (Wildman–Crippen LogP) is 1.42. The van der Waals surface area contributed by atoms with Gasteiger partial charge in [-0.1, -0.05) is 17.3 Å². The van der Waals surface area contributed by atoms with Crippen molar-refractivity contribution in [2.45, 2.75) is 19.4 Å². The van der Waals surface area contributed by atoms with E-state index in [0.29, 0.717) is 22.3 Å². The van der Waals surface area contributed by atoms with Crippen LogP contribution in [0.25, 0.3) is 11.0 Å². The molecular weight excluding hydrogens is 362 g/mol. The summed E-state index contributed by atoms with van der Waals surface area (Å²) in [6.45, 7) is 0.922. The van der Waals surface area contributed by atoms with Crippen LogP contribution in [0.5, 0.6) is 0 Å². The van der Waals surface area contributed by atoms with E-state index in [4.69, 9.17) is 4.74 Å². The van der Waals surface area contributed by atoms with Gasteiger partial charge in [-0.05, 0) is 31.0 Å². The van der Waals surface area contributed by atoms with Crippen LogP contribution in [0.4, 0.5) is 0 Å². The Morgan fingerprint density at radius 1 is 1.14 bits per heavy atom. The number of Topliss-reactive ketones (excluding diaryl/α,β-unsaturated/α-hetero) is 1. The standard InChI is InChI=1S/C19H19N5O4/c25-17(13-9-15(20-10-13)19(27)23-7-3-4-8-23)12-28-18(26)11-24-16-6-2-1-5-14(16)21-22-24/h1-2,5-6,9-10,20H,3-4,7-8,11-12H2. The van der Waals surface area contributed by atoms with Gasteiger partial charge in [0.2, 0.25) is 5.78 Å². The molecule has 1 fully saturated rings. The molecule has 1 saturated heterocycles. The molecule has 1 aliphatic rings. The second-order valence-electron chi connectivity index (χ2n) is 6.62. The van der Waals surface area contributed by atoms with Gasteiger partial charge in [-0.25, -0.2) is 4.68 Å². The summed E-state index contributed by atoms with van der Waals surface area (Å²) in [5, 5.41) is 7.88. The van der Waals surface area contributed by atoms with E-state index in [1.807, 2.05) is 12.1 Å². The van der Waals surface area contributed by atoms with E-state index in [1.165, 1.54) is 16.9 Å². The van der Waals surface area contributed by atoms with Crippen LogP contribution in [0, 0.1) is 0 Å². The van der Waals surface area contributed by atoms with Crippen LogP contribution in [-0.4, -0.2) is 62.2 Å². The molecule has 2 aromatic heterocycles. The van der Waals surface area contributed by atoms with Gasteiger partial charge in [-0.2, -0.15) is 0 Å². The summed E-state index contributed by atoms with van der Waals surface area (Å²) >= 11 is 0. The smallest absolute Gasteiger partial charge is 0.328 e. The van der Waals surface area contributed by atoms with Crippen molar-refractivity contribution in [3.8, 4) is 0 Å². The first-order valence-electron chi connectivity index (χ1n) is 9.06. The molecule has 1 aromatic carbocycles. The predicted molar refractivity (Wildman–Crippen MR) is 98.7 cm³/mol. The second-order valence-corrected chi connectivity index (χ2v) is 6.62. The number of carbonyl (C=O) groups is 3. The highest BCUT2D eigenvalue weighted by molar-refractivity contribution is 6.01. The number of aromatic nitrogens is 4. The van der Waals surface area contributed by atoms with Crippen LogP contribution < -0.4 is 0 Å². The molecule has 0 bridgehead atoms. The maximum atomic E-state index is 12.3. The Morgan fingerprint density at radius 2 is 1.93 bits per heavy atom. The van der Waals surface area contributed by atoms with Crippen LogP contribution in [0.3, 0.4) is 0 Å². The fourth-order valence-electron chi connectivity index (χ4n) is 3.20. The third-order valence-electron chi connectivity index (χ3n) is 4.69. The van der Waals surface area contributed by atoms with Crippen molar-refractivity contribution in [2.75, 3.05) is 19.7 Å². The highest BCUT2D eigenvalue weighted by Gasteiger charge is 2.22. The van der Waals surface area contributed by atoms with Crippen LogP contribution in [0.15, 0.2) is 36.5 Å². The van der Waals surface area contributed by atoms with Gasteiger partial charge >= 0.3 is 5.97 Å². The van der Waals surface area contributed by atoms with Crippen molar-refractivity contribution < 1.29 is 19.1 Å². The first-order valence-corrected chi connectivity index (χ1v) is 9.06. The Kier molecular flexibility index (Phi) is 4.88. The van der Waals surface area contributed by atoms with Crippen LogP contribution in [-0.2, 0) is 16.1 Å². The minimum absolute atomic E-state index is 0.119. The van der Waals surface area contributed by atoms with E-state index >= 15 is 0 Å². The Bertz CT molecular complexity index is 1030. The third kappa shape index (κ3) is 3.64. The largest absolute Gasteiger partial charge is 0.456 e. The molecule has 0 spiro atoms. The number of amides is 1. The molecule has 9 heteroatoms. The average molecular weight is 381 g/mol. The maximum absolute atomic E-state index is 12.3. The van der Waals surface area contributed by atoms with E-state index in [2.05, 4.69) is 15.3 Å². The van der Waals surface area contributed by atoms with Crippen molar-refractivity contribution in [3.63, 3.8) is 0 Å². The number of carbonyl (C=O) groups excluding carboxylic acids is 3. The average Bonchev–Trinajstić information content (AvgIpc) is 3.46. The number of nitrogens with zero attached hydrogens (tertiary/aromatic N) is 4. The summed E-state index contributed by atoms with van der Waals surface area (Å²) in [5.41, 5.74) is 2.06. The minimum atomic E-state index is -0.590. The number of benzene rings is 1. The number of ketones is 1. The topological polar surface area (TPSA) is 110 Å². The molecule has 0 atom stereocenters. The first kappa shape index (κ1) is 17.9. The monoisotopic (exact) mass is 381 g/mol. The van der Waals surface area contributed by atoms with Gasteiger partial charge in [-0.3, -0.25) is 14.4 Å². The van der Waals surface area contributed by atoms with Crippen molar-refractivity contribution in [1.82, 2.24) is 24.9 Å². The Labute approximate surface area is 160 Å². The number of rotatable bonds is 6. The van der Waals surface area contributed by atoms with E-state index in [-0.39, 0.29) is 18.2 Å². The van der Waals surface area contributed by atoms with Gasteiger partial charge in [0, 0.05) is 24.8 Å². The van der Waals surface area contributed by atoms with E-state index in [0.717, 1.165) is 25.9 Å². The number of ether oxygens (including phenoxy) is 1. The van der Waals surface area contributed by atoms with Gasteiger partial charge in [-0.15, -0.1) is 5.10 Å². The van der Waals surface area contributed by atoms with Crippen molar-refractivity contribution in [2.24, 2.45) is 0 Å². The Morgan fingerprint density at radius 3 is 2.75 bits per heavy atom. The summed E-state index contributed by atoms with van der Waals surface area (Å²) in [6.07, 6.45) is 3.45. The number of hydrogen-bond donors (Lipinski definition) is 1. The number of para-hydroxylation sites is 1. The molecule has 1 amide bonds. The van der Waals surface area contributed by atoms with Crippen molar-refractivity contribution in [3.05, 3.63) is 47.8 Å². The van der Waals surface area contributed by atoms with Crippen LogP contribution in [0.1, 0.15) is 33.7 Å². The molecule has 9 nitrogen and oxygen atoms in total. The summed E-state index contributed by atoms with van der Waals surface area (Å²) in [5.74, 6) is -1.09. The lowest BCUT2D eigenvalue weighted by atomic mass is 10.2. The summed E-state index contributed by atoms with van der Waals surface area (Å²) < 4.78 is 6.49. The zero-order valence-corrected chi connectivity index (χ0v) is 15.1. The first-order chi connectivity index (χ1) is 13.6. The zero-order chi connectivity index (χ0) is 19.5. The fourth-order valence-corrected chi connectivity index (χ4v) is 3.20. The quantitative estimate of drug-likeness (QED) is 0.511. The van der Waals surface area contributed by atoms with E-state index in [1.54, 1.807) is 17.0 Å². The van der Waals surface area contributed by atoms with Gasteiger partial charge in [0.15, 0.2) is 6.61 Å². The van der Waals surface area contributed by atoms with E-state index in [9.17, 15) is 14.4 Å². The molecule has 4 rings (SSSR count). The van der Waals surface area contributed by atoms with Crippen LogP contribution >= 0.6 is 0 Å². The number of nitrogens with one attached hydrogen (secondary N) is 1. The van der Waals surface area contributed by atoms with Gasteiger partial charge in [0.1, 0.15) is 17.8 Å². The molecule has 3 heterocycles. The molecule has 0 unspecified atom stereocenters. The lowest BCUT2D eigenvalue weighted by Gasteiger charge is -2.13. The fraction of sp³-hybridized carbons (Fsp3) is 0.316. The summed E-state index contributed by atoms with van der Waals surface area (Å²) in [4.78, 5) is 41.2. The molecule has 144 valence electrons. The normalized spacial score (nSPS) is 13.8. The van der Waals surface area contributed by atoms with Crippen molar-refractivity contribution >= 4 is 28.7 Å². The van der Waals surface area contributed by atoms with Gasteiger partial charge < -0.3 is 14.6 Å². The molecule has 0 radical (unpaired) electrons. The maximum Gasteiger partial charge on any atom is 0.328 e. The molecule has 0 saturated carbocycles. The molecule has 0 aliphatic carbocycles. The number of H-pyrrole nitrogens is 1. The number of fused-ring (bicyclic) bond motifs is 1. The molecule has 1 N–H and O–H groups in total. The number of aromatic amines is 1. The molecule has 1 aliphatic heterocycles. The van der Waals surface area contributed by atoms with E-state index < -0.39 is 12.6 Å². The number of likely N-dealkylation sites (tertiary alicyclic amines) is 1. The molecule has 28 heavy (non-hydrogen) atoms. The highest BCUT2D eigenvalue weighted by Crippen LogP contribution is 2.14. The summed E-state index contributed by atoms with van der Waals surface area (Å²) in [7, 11) is 0. The Hall–Kier alpha value is -3.49. The Balaban J connectivity index is 1.33. The number of esters is 1. The van der Waals surface area contributed by atoms with Crippen LogP contribution in [0.2, 0.25) is 0 Å². The lowest BCUT2D eigenvalue weighted by molar-refractivity contribution is -0.143. The number of hydrogen-bond acceptors (Lipinski definition) is 6. The van der Waals surface area contributed by atoms with Gasteiger partial charge in [0.05, 0.1) is 5.52 Å². The SMILES string of the molecule is O=C(Cn1nnc2ccccc21)OCC(=O)c1c[nH]c(C(=O)N2CCCC2)c1. The molecular formula is C19H19N5O4. The lowest BCUT2D eigenvalue weighted by Crippen LogP contribution is -2.27. The zero-order valence-electron chi connectivity index (χ0n) is 15.1. The highest BCUT2D eigenvalue weighted by atomic mass is 16.5. The summed E-state index contributed by atoms with van der Waals surface area (Å²) in [6, 6.07) is 8.75. The second kappa shape index (κ2) is 7.63. The third-order valence-corrected chi connectivity index (χ3v) is 4.69. The van der Waals surface area contributed by atoms with Gasteiger partial charge in [0.25, 0.3) is 5.91 Å². The minimum Gasteiger partial charge on any atom is -0.456 e. The molecule has 3 aromatic rings.